The molecule has 15 heavy (non-hydrogen) atoms. The molecule has 8 heteroatoms. The second-order valence-electron chi connectivity index (χ2n) is 2.59. The van der Waals surface area contributed by atoms with Gasteiger partial charge in [-0.15, -0.1) is 5.10 Å². The first-order valence-electron chi connectivity index (χ1n) is 4.01. The predicted octanol–water partition coefficient (Wildman–Crippen LogP) is -0.571. The molecule has 0 aliphatic rings. The molecule has 0 saturated carbocycles. The Morgan fingerprint density at radius 2 is 2.33 bits per heavy atom. The van der Waals surface area contributed by atoms with Gasteiger partial charge in [-0.25, -0.2) is 4.98 Å². The Morgan fingerprint density at radius 3 is 2.93 bits per heavy atom. The van der Waals surface area contributed by atoms with Gasteiger partial charge in [0, 0.05) is 12.4 Å². The highest BCUT2D eigenvalue weighted by Crippen LogP contribution is 2.00. The minimum Gasteiger partial charge on any atom is -0.366 e. The molecule has 2 aromatic heterocycles. The van der Waals surface area contributed by atoms with Crippen LogP contribution < -0.4 is 11.1 Å². The number of nitrogens with zero attached hydrogens (tertiary/aromatic N) is 4. The largest absolute Gasteiger partial charge is 0.366 e. The molecule has 0 bridgehead atoms. The van der Waals surface area contributed by atoms with Crippen LogP contribution in [0.2, 0.25) is 0 Å². The van der Waals surface area contributed by atoms with Crippen molar-refractivity contribution in [3.63, 3.8) is 0 Å². The van der Waals surface area contributed by atoms with Gasteiger partial charge < -0.3 is 11.1 Å². The first-order valence-corrected chi connectivity index (χ1v) is 4.01. The van der Waals surface area contributed by atoms with Crippen LogP contribution in [0.4, 0.5) is 11.8 Å². The van der Waals surface area contributed by atoms with Crippen molar-refractivity contribution in [2.45, 2.75) is 0 Å². The second kappa shape index (κ2) is 3.70. The van der Waals surface area contributed by atoms with Crippen molar-refractivity contribution >= 4 is 17.7 Å². The smallest absolute Gasteiger partial charge is 0.294 e. The van der Waals surface area contributed by atoms with E-state index in [9.17, 15) is 4.79 Å². The van der Waals surface area contributed by atoms with Crippen LogP contribution in [0.3, 0.4) is 0 Å². The highest BCUT2D eigenvalue weighted by molar-refractivity contribution is 6.00. The lowest BCUT2D eigenvalue weighted by Gasteiger charge is -1.99. The maximum absolute atomic E-state index is 11.5. The van der Waals surface area contributed by atoms with E-state index in [0.29, 0.717) is 5.82 Å². The number of hydrogen-bond donors (Lipinski definition) is 3. The van der Waals surface area contributed by atoms with Crippen molar-refractivity contribution < 1.29 is 4.79 Å². The second-order valence-corrected chi connectivity index (χ2v) is 2.59. The molecule has 0 fully saturated rings. The summed E-state index contributed by atoms with van der Waals surface area (Å²) in [4.78, 5) is 22.8. The number of hydrogen-bond acceptors (Lipinski definition) is 6. The Morgan fingerprint density at radius 1 is 1.47 bits per heavy atom. The molecule has 0 unspecified atom stereocenters. The number of rotatable bonds is 2. The van der Waals surface area contributed by atoms with Crippen molar-refractivity contribution in [3.8, 4) is 0 Å². The number of amides is 1. The molecule has 0 aliphatic carbocycles. The van der Waals surface area contributed by atoms with Crippen LogP contribution in [-0.4, -0.2) is 31.1 Å². The van der Waals surface area contributed by atoms with Crippen LogP contribution in [0.15, 0.2) is 18.6 Å². The average Bonchev–Trinajstić information content (AvgIpc) is 2.66. The number of aromatic nitrogens is 5. The van der Waals surface area contributed by atoms with E-state index in [-0.39, 0.29) is 11.8 Å². The van der Waals surface area contributed by atoms with Crippen molar-refractivity contribution in [1.82, 2.24) is 25.1 Å². The molecule has 2 heterocycles. The summed E-state index contributed by atoms with van der Waals surface area (Å²) in [5, 5.41) is 8.37. The molecule has 2 rings (SSSR count). The number of anilines is 2. The Bertz CT molecular complexity index is 465. The molecule has 0 aliphatic heterocycles. The topological polar surface area (TPSA) is 122 Å². The molecule has 2 aromatic rings. The molecular weight excluding hydrogens is 198 g/mol. The highest BCUT2D eigenvalue weighted by atomic mass is 16.2. The minimum absolute atomic E-state index is 0.0132. The van der Waals surface area contributed by atoms with E-state index in [1.165, 1.54) is 18.6 Å². The van der Waals surface area contributed by atoms with Crippen molar-refractivity contribution in [3.05, 3.63) is 24.4 Å². The monoisotopic (exact) mass is 205 g/mol. The summed E-state index contributed by atoms with van der Waals surface area (Å²) < 4.78 is 0. The van der Waals surface area contributed by atoms with Crippen molar-refractivity contribution in [1.29, 1.82) is 0 Å². The number of nitrogens with one attached hydrogen (secondary N) is 2. The molecule has 0 radical (unpaired) electrons. The third-order valence-electron chi connectivity index (χ3n) is 1.52. The average molecular weight is 205 g/mol. The summed E-state index contributed by atoms with van der Waals surface area (Å²) in [6.07, 6.45) is 4.38. The van der Waals surface area contributed by atoms with Crippen molar-refractivity contribution in [2.24, 2.45) is 0 Å². The minimum atomic E-state index is -0.472. The summed E-state index contributed by atoms with van der Waals surface area (Å²) in [6, 6.07) is 0. The van der Waals surface area contributed by atoms with Gasteiger partial charge in [-0.2, -0.15) is 4.98 Å². The van der Waals surface area contributed by atoms with Crippen LogP contribution in [0.1, 0.15) is 10.6 Å². The van der Waals surface area contributed by atoms with Crippen LogP contribution in [0.25, 0.3) is 0 Å². The number of nitrogens with two attached hydrogens (primary N) is 1. The number of carbonyl (C=O) groups is 1. The lowest BCUT2D eigenvalue weighted by molar-refractivity contribution is 0.101. The summed E-state index contributed by atoms with van der Waals surface area (Å²) in [6.45, 7) is 0. The summed E-state index contributed by atoms with van der Waals surface area (Å²) in [7, 11) is 0. The van der Waals surface area contributed by atoms with Gasteiger partial charge in [-0.3, -0.25) is 14.9 Å². The third-order valence-corrected chi connectivity index (χ3v) is 1.52. The fourth-order valence-electron chi connectivity index (χ4n) is 0.915. The number of aromatic amines is 1. The van der Waals surface area contributed by atoms with Gasteiger partial charge in [0.05, 0.1) is 6.20 Å². The van der Waals surface area contributed by atoms with Gasteiger partial charge in [0.1, 0.15) is 0 Å². The van der Waals surface area contributed by atoms with Gasteiger partial charge in [0.15, 0.2) is 5.82 Å². The quantitative estimate of drug-likeness (QED) is 0.603. The number of nitrogen functional groups attached to an aromatic ring is 1. The molecule has 76 valence electrons. The van der Waals surface area contributed by atoms with Gasteiger partial charge in [-0.1, -0.05) is 0 Å². The Hall–Kier alpha value is -2.51. The zero-order valence-corrected chi connectivity index (χ0v) is 7.51. The molecule has 0 saturated heterocycles. The van der Waals surface area contributed by atoms with Crippen LogP contribution in [-0.2, 0) is 0 Å². The van der Waals surface area contributed by atoms with E-state index in [1.54, 1.807) is 0 Å². The SMILES string of the molecule is Nc1n[nH]c(C(=O)Nc2cnccn2)n1. The number of carbonyl (C=O) groups excluding carboxylic acids is 1. The lowest BCUT2D eigenvalue weighted by Crippen LogP contribution is -2.14. The third kappa shape index (κ3) is 2.05. The van der Waals surface area contributed by atoms with Gasteiger partial charge in [0.2, 0.25) is 11.8 Å². The van der Waals surface area contributed by atoms with Gasteiger partial charge >= 0.3 is 0 Å². The summed E-state index contributed by atoms with van der Waals surface area (Å²) in [5.74, 6) is -0.102. The molecule has 0 aromatic carbocycles. The maximum Gasteiger partial charge on any atom is 0.294 e. The fourth-order valence-corrected chi connectivity index (χ4v) is 0.915. The van der Waals surface area contributed by atoms with E-state index in [4.69, 9.17) is 5.73 Å². The molecule has 8 nitrogen and oxygen atoms in total. The highest BCUT2D eigenvalue weighted by Gasteiger charge is 2.10. The molecule has 0 atom stereocenters. The standard InChI is InChI=1S/C7H7N7O/c8-7-12-5(13-14-7)6(15)11-4-3-9-1-2-10-4/h1-3H,(H,10,11,15)(H3,8,12,13,14). The Balaban J connectivity index is 2.11. The Kier molecular flexibility index (Phi) is 2.23. The lowest BCUT2D eigenvalue weighted by atomic mass is 10.5. The fraction of sp³-hybridized carbons (Fsp3) is 0. The van der Waals surface area contributed by atoms with E-state index < -0.39 is 5.91 Å². The molecule has 4 N–H and O–H groups in total. The summed E-state index contributed by atoms with van der Waals surface area (Å²) in [5.41, 5.74) is 5.25. The molecule has 1 amide bonds. The zero-order chi connectivity index (χ0) is 10.7. The van der Waals surface area contributed by atoms with Gasteiger partial charge in [0.25, 0.3) is 5.91 Å². The zero-order valence-electron chi connectivity index (χ0n) is 7.51. The van der Waals surface area contributed by atoms with Crippen molar-refractivity contribution in [2.75, 3.05) is 11.1 Å². The van der Waals surface area contributed by atoms with E-state index in [1.807, 2.05) is 0 Å². The maximum atomic E-state index is 11.5. The molecular formula is C7H7N7O. The van der Waals surface area contributed by atoms with Crippen LogP contribution in [0.5, 0.6) is 0 Å². The molecule has 0 spiro atoms. The van der Waals surface area contributed by atoms with Crippen LogP contribution in [0, 0.1) is 0 Å². The van der Waals surface area contributed by atoms with Gasteiger partial charge in [-0.05, 0) is 0 Å². The van der Waals surface area contributed by atoms with Crippen LogP contribution >= 0.6 is 0 Å². The number of H-pyrrole nitrogens is 1. The van der Waals surface area contributed by atoms with E-state index in [0.717, 1.165) is 0 Å². The summed E-state index contributed by atoms with van der Waals surface area (Å²) >= 11 is 0. The first-order chi connectivity index (χ1) is 7.25. The first kappa shape index (κ1) is 9.06. The predicted molar refractivity (Wildman–Crippen MR) is 50.8 cm³/mol. The van der Waals surface area contributed by atoms with E-state index >= 15 is 0 Å². The van der Waals surface area contributed by atoms with E-state index in [2.05, 4.69) is 30.5 Å². The normalized spacial score (nSPS) is 9.87. The Labute approximate surface area is 84.0 Å².